The molecule has 0 heterocycles. The van der Waals surface area contributed by atoms with Crippen LogP contribution in [0.5, 0.6) is 5.75 Å². The van der Waals surface area contributed by atoms with Gasteiger partial charge in [-0.1, -0.05) is 25.0 Å². The maximum atomic E-state index is 12.6. The minimum absolute atomic E-state index is 0. The van der Waals surface area contributed by atoms with E-state index in [-0.39, 0.29) is 63.1 Å². The van der Waals surface area contributed by atoms with Crippen LogP contribution in [0.4, 0.5) is 12.9 Å². The van der Waals surface area contributed by atoms with Crippen LogP contribution in [-0.2, 0) is 0 Å². The van der Waals surface area contributed by atoms with Gasteiger partial charge in [0, 0.05) is 0 Å². The first kappa shape index (κ1) is 18.5. The molecule has 0 N–H and O–H groups in total. The molecule has 0 saturated heterocycles. The first-order chi connectivity index (χ1) is 7.84. The fourth-order valence-electron chi connectivity index (χ4n) is 1.79. The van der Waals surface area contributed by atoms with E-state index in [1.807, 2.05) is 13.8 Å². The smallest absolute Gasteiger partial charge is 0.491 e. The molecule has 18 heavy (non-hydrogen) atoms. The minimum Gasteiger partial charge on any atom is -0.491 e. The molecule has 1 aromatic rings. The van der Waals surface area contributed by atoms with Crippen molar-refractivity contribution >= 4 is 12.4 Å². The SMILES string of the molecule is CCCC(C)Oc1ccc([B-](F)(F)F)c(C)c1.[K+]. The van der Waals surface area contributed by atoms with E-state index in [1.165, 1.54) is 19.1 Å². The first-order valence-corrected chi connectivity index (χ1v) is 5.81. The van der Waals surface area contributed by atoms with Gasteiger partial charge in [0.25, 0.3) is 0 Å². The molecule has 0 aliphatic rings. The molecule has 0 aliphatic heterocycles. The third kappa shape index (κ3) is 5.65. The van der Waals surface area contributed by atoms with Gasteiger partial charge in [0.15, 0.2) is 0 Å². The van der Waals surface area contributed by atoms with Crippen LogP contribution in [0.25, 0.3) is 0 Å². The molecule has 0 saturated carbocycles. The van der Waals surface area contributed by atoms with Gasteiger partial charge in [0.2, 0.25) is 0 Å². The average Bonchev–Trinajstić information content (AvgIpc) is 2.15. The van der Waals surface area contributed by atoms with E-state index in [9.17, 15) is 12.9 Å². The largest absolute Gasteiger partial charge is 1.00 e. The molecule has 0 aromatic heterocycles. The van der Waals surface area contributed by atoms with Gasteiger partial charge in [-0.25, -0.2) is 0 Å². The summed E-state index contributed by atoms with van der Waals surface area (Å²) in [5, 5.41) is 0. The Labute approximate surface area is 149 Å². The van der Waals surface area contributed by atoms with Crippen molar-refractivity contribution in [1.82, 2.24) is 0 Å². The molecule has 1 nitrogen and oxygen atoms in total. The standard InChI is InChI=1S/C12H17BF3O.K/c1-4-5-10(3)17-11-6-7-12(9(2)8-11)13(14,15)16;/h6-8,10H,4-5H2,1-3H3;/q-1;+1. The van der Waals surface area contributed by atoms with Crippen LogP contribution in [0, 0.1) is 6.92 Å². The Morgan fingerprint density at radius 3 is 2.33 bits per heavy atom. The summed E-state index contributed by atoms with van der Waals surface area (Å²) in [6, 6.07) is 3.95. The fourth-order valence-corrected chi connectivity index (χ4v) is 1.79. The molecule has 6 heteroatoms. The number of hydrogen-bond acceptors (Lipinski definition) is 1. The van der Waals surface area contributed by atoms with E-state index < -0.39 is 12.4 Å². The number of hydrogen-bond donors (Lipinski definition) is 0. The zero-order chi connectivity index (χ0) is 13.1. The molecule has 1 unspecified atom stereocenters. The number of ether oxygens (including phenoxy) is 1. The van der Waals surface area contributed by atoms with E-state index in [4.69, 9.17) is 4.74 Å². The predicted molar refractivity (Wildman–Crippen MR) is 64.9 cm³/mol. The summed E-state index contributed by atoms with van der Waals surface area (Å²) in [6.45, 7) is 0.488. The number of benzene rings is 1. The fraction of sp³-hybridized carbons (Fsp3) is 0.500. The number of rotatable bonds is 5. The summed E-state index contributed by atoms with van der Waals surface area (Å²) < 4.78 is 43.3. The molecule has 96 valence electrons. The molecule has 0 fully saturated rings. The van der Waals surface area contributed by atoms with Gasteiger partial charge in [-0.3, -0.25) is 0 Å². The van der Waals surface area contributed by atoms with Crippen LogP contribution < -0.4 is 61.6 Å². The maximum Gasteiger partial charge on any atom is 1.00 e. The van der Waals surface area contributed by atoms with Crippen LogP contribution >= 0.6 is 0 Å². The second-order valence-electron chi connectivity index (χ2n) is 4.31. The summed E-state index contributed by atoms with van der Waals surface area (Å²) in [5.74, 6) is 0.507. The van der Waals surface area contributed by atoms with E-state index in [0.717, 1.165) is 18.9 Å². The Morgan fingerprint density at radius 1 is 1.28 bits per heavy atom. The van der Waals surface area contributed by atoms with Crippen LogP contribution in [0.1, 0.15) is 32.3 Å². The summed E-state index contributed by atoms with van der Waals surface area (Å²) in [5.41, 5.74) is -0.320. The number of halogens is 3. The van der Waals surface area contributed by atoms with Crippen LogP contribution in [0.3, 0.4) is 0 Å². The molecule has 1 aromatic carbocycles. The zero-order valence-electron chi connectivity index (χ0n) is 11.3. The summed E-state index contributed by atoms with van der Waals surface area (Å²) in [6.07, 6.45) is 1.91. The van der Waals surface area contributed by atoms with Gasteiger partial charge in [-0.2, -0.15) is 0 Å². The molecular formula is C12H17BF3KO. The Morgan fingerprint density at radius 2 is 1.89 bits per heavy atom. The maximum absolute atomic E-state index is 12.6. The van der Waals surface area contributed by atoms with Crippen LogP contribution in [0.2, 0.25) is 0 Å². The van der Waals surface area contributed by atoms with Gasteiger partial charge >= 0.3 is 58.4 Å². The minimum atomic E-state index is -4.93. The number of aryl methyl sites for hydroxylation is 1. The first-order valence-electron chi connectivity index (χ1n) is 5.81. The van der Waals surface area contributed by atoms with Crippen LogP contribution in [0.15, 0.2) is 18.2 Å². The monoisotopic (exact) mass is 284 g/mol. The summed E-state index contributed by atoms with van der Waals surface area (Å²) in [4.78, 5) is 0. The topological polar surface area (TPSA) is 9.23 Å². The van der Waals surface area contributed by atoms with Crippen LogP contribution in [-0.4, -0.2) is 13.1 Å². The quantitative estimate of drug-likeness (QED) is 0.720. The Hall–Kier alpha value is 0.511. The van der Waals surface area contributed by atoms with E-state index in [0.29, 0.717) is 5.75 Å². The third-order valence-corrected chi connectivity index (χ3v) is 2.63. The van der Waals surface area contributed by atoms with E-state index in [2.05, 4.69) is 0 Å². The van der Waals surface area contributed by atoms with Crippen molar-refractivity contribution in [2.75, 3.05) is 0 Å². The zero-order valence-corrected chi connectivity index (χ0v) is 14.5. The van der Waals surface area contributed by atoms with E-state index >= 15 is 0 Å². The van der Waals surface area contributed by atoms with Crippen molar-refractivity contribution in [2.45, 2.75) is 39.7 Å². The van der Waals surface area contributed by atoms with Gasteiger partial charge in [0.1, 0.15) is 5.75 Å². The van der Waals surface area contributed by atoms with Crippen molar-refractivity contribution < 1.29 is 69.1 Å². The van der Waals surface area contributed by atoms with Crippen molar-refractivity contribution in [1.29, 1.82) is 0 Å². The van der Waals surface area contributed by atoms with Crippen molar-refractivity contribution in [2.24, 2.45) is 0 Å². The third-order valence-electron chi connectivity index (χ3n) is 2.63. The van der Waals surface area contributed by atoms with Gasteiger partial charge in [0.05, 0.1) is 6.10 Å². The van der Waals surface area contributed by atoms with Gasteiger partial charge in [-0.15, -0.1) is 5.46 Å². The second-order valence-corrected chi connectivity index (χ2v) is 4.31. The van der Waals surface area contributed by atoms with Gasteiger partial charge < -0.3 is 17.7 Å². The molecule has 0 radical (unpaired) electrons. The second kappa shape index (κ2) is 7.95. The molecular weight excluding hydrogens is 267 g/mol. The molecule has 0 spiro atoms. The normalized spacial score (nSPS) is 12.8. The predicted octanol–water partition coefficient (Wildman–Crippen LogP) is 0.621. The Kier molecular flexibility index (Phi) is 8.17. The van der Waals surface area contributed by atoms with E-state index in [1.54, 1.807) is 0 Å². The Bertz CT molecular complexity index is 382. The average molecular weight is 284 g/mol. The summed E-state index contributed by atoms with van der Waals surface area (Å²) >= 11 is 0. The van der Waals surface area contributed by atoms with Crippen molar-refractivity contribution in [3.8, 4) is 5.75 Å². The molecule has 0 bridgehead atoms. The molecule has 0 amide bonds. The van der Waals surface area contributed by atoms with Gasteiger partial charge in [-0.05, 0) is 32.4 Å². The summed E-state index contributed by atoms with van der Waals surface area (Å²) in [7, 11) is 0. The van der Waals surface area contributed by atoms with Crippen molar-refractivity contribution in [3.63, 3.8) is 0 Å². The molecule has 1 atom stereocenters. The van der Waals surface area contributed by atoms with Crippen molar-refractivity contribution in [3.05, 3.63) is 23.8 Å². The Balaban J connectivity index is 0.00000289. The molecule has 1 rings (SSSR count). The molecule has 0 aliphatic carbocycles.